The minimum atomic E-state index is -4.54. The second kappa shape index (κ2) is 10.4. The second-order valence-corrected chi connectivity index (χ2v) is 9.65. The smallest absolute Gasteiger partial charge is 0.435 e. The molecular weight excluding hydrogens is 459 g/mol. The van der Waals surface area contributed by atoms with Crippen molar-refractivity contribution in [1.82, 2.24) is 14.7 Å². The number of esters is 1. The third-order valence-electron chi connectivity index (χ3n) is 7.14. The van der Waals surface area contributed by atoms with E-state index in [4.69, 9.17) is 4.74 Å². The van der Waals surface area contributed by atoms with Gasteiger partial charge in [0.25, 0.3) is 0 Å². The van der Waals surface area contributed by atoms with Crippen molar-refractivity contribution in [2.75, 3.05) is 13.2 Å². The lowest BCUT2D eigenvalue weighted by molar-refractivity contribution is -0.149. The Morgan fingerprint density at radius 3 is 2.43 bits per heavy atom. The Bertz CT molecular complexity index is 1050. The summed E-state index contributed by atoms with van der Waals surface area (Å²) in [5.74, 6) is -0.136. The molecule has 0 bridgehead atoms. The van der Waals surface area contributed by atoms with Crippen LogP contribution in [0.25, 0.3) is 0 Å². The van der Waals surface area contributed by atoms with E-state index >= 15 is 0 Å². The van der Waals surface area contributed by atoms with Gasteiger partial charge >= 0.3 is 12.1 Å². The maximum absolute atomic E-state index is 13.7. The highest BCUT2D eigenvalue weighted by Crippen LogP contribution is 2.36. The molecular formula is C26H32F3N3O3. The van der Waals surface area contributed by atoms with Gasteiger partial charge < -0.3 is 9.64 Å². The molecule has 2 heterocycles. The number of aromatic nitrogens is 2. The van der Waals surface area contributed by atoms with Crippen LogP contribution in [0.5, 0.6) is 0 Å². The number of alkyl halides is 3. The molecule has 9 heteroatoms. The maximum atomic E-state index is 13.7. The fraction of sp³-hybridized carbons (Fsp3) is 0.577. The van der Waals surface area contributed by atoms with Crippen molar-refractivity contribution < 1.29 is 27.5 Å². The number of ether oxygens (including phenoxy) is 1. The molecule has 2 aliphatic rings. The van der Waals surface area contributed by atoms with Gasteiger partial charge in [0.05, 0.1) is 31.3 Å². The van der Waals surface area contributed by atoms with E-state index in [1.165, 1.54) is 4.68 Å². The standard InChI is InChI=1S/C26H32F3N3O3/c1-3-35-25(34)20-10-8-18(9-11-20)14-23(33)31-13-12-21-22(16-31)32(30-24(21)26(27,28)29)15-19-6-4-17(2)5-7-19/h4-7,18,20H,3,8-16H2,1-2H3/t18-,20-. The van der Waals surface area contributed by atoms with Gasteiger partial charge in [0, 0.05) is 18.5 Å². The molecule has 1 aliphatic carbocycles. The monoisotopic (exact) mass is 491 g/mol. The van der Waals surface area contributed by atoms with Crippen LogP contribution in [0, 0.1) is 18.8 Å². The molecule has 1 saturated carbocycles. The Morgan fingerprint density at radius 1 is 1.11 bits per heavy atom. The maximum Gasteiger partial charge on any atom is 0.435 e. The first-order valence-electron chi connectivity index (χ1n) is 12.3. The summed E-state index contributed by atoms with van der Waals surface area (Å²) in [6.07, 6.45) is -1.08. The van der Waals surface area contributed by atoms with Crippen molar-refractivity contribution in [3.8, 4) is 0 Å². The fourth-order valence-corrected chi connectivity index (χ4v) is 5.16. The number of hydrogen-bond donors (Lipinski definition) is 0. The molecule has 1 amide bonds. The zero-order valence-electron chi connectivity index (χ0n) is 20.2. The average Bonchev–Trinajstić information content (AvgIpc) is 3.19. The number of fused-ring (bicyclic) bond motifs is 1. The lowest BCUT2D eigenvalue weighted by atomic mass is 9.80. The largest absolute Gasteiger partial charge is 0.466 e. The average molecular weight is 492 g/mol. The molecule has 6 nitrogen and oxygen atoms in total. The summed E-state index contributed by atoms with van der Waals surface area (Å²) in [5, 5.41) is 3.94. The van der Waals surface area contributed by atoms with Gasteiger partial charge in [-0.15, -0.1) is 0 Å². The third kappa shape index (κ3) is 5.87. The van der Waals surface area contributed by atoms with E-state index in [0.29, 0.717) is 31.6 Å². The van der Waals surface area contributed by atoms with Gasteiger partial charge in [0.1, 0.15) is 0 Å². The first-order chi connectivity index (χ1) is 16.7. The molecule has 0 N–H and O–H groups in total. The van der Waals surface area contributed by atoms with Gasteiger partial charge in [0.15, 0.2) is 5.69 Å². The van der Waals surface area contributed by atoms with E-state index in [1.807, 2.05) is 31.2 Å². The summed E-state index contributed by atoms with van der Waals surface area (Å²) < 4.78 is 47.6. The molecule has 4 rings (SSSR count). The van der Waals surface area contributed by atoms with E-state index in [0.717, 1.165) is 24.0 Å². The summed E-state index contributed by atoms with van der Waals surface area (Å²) >= 11 is 0. The predicted octanol–water partition coefficient (Wildman–Crippen LogP) is 4.90. The Morgan fingerprint density at radius 2 is 1.80 bits per heavy atom. The molecule has 35 heavy (non-hydrogen) atoms. The zero-order valence-corrected chi connectivity index (χ0v) is 20.2. The molecule has 1 aromatic carbocycles. The van der Waals surface area contributed by atoms with Crippen LogP contribution in [0.3, 0.4) is 0 Å². The Labute approximate surface area is 203 Å². The summed E-state index contributed by atoms with van der Waals surface area (Å²) in [7, 11) is 0. The molecule has 1 fully saturated rings. The molecule has 0 unspecified atom stereocenters. The van der Waals surface area contributed by atoms with Crippen LogP contribution in [-0.2, 0) is 40.0 Å². The normalized spacial score (nSPS) is 20.4. The lowest BCUT2D eigenvalue weighted by Crippen LogP contribution is -2.38. The van der Waals surface area contributed by atoms with Crippen molar-refractivity contribution in [3.05, 3.63) is 52.3 Å². The van der Waals surface area contributed by atoms with E-state index in [9.17, 15) is 22.8 Å². The minimum absolute atomic E-state index is 0.0492. The number of halogens is 3. The number of carbonyl (C=O) groups is 2. The number of benzene rings is 1. The van der Waals surface area contributed by atoms with Gasteiger partial charge in [-0.1, -0.05) is 29.8 Å². The number of rotatable bonds is 6. The van der Waals surface area contributed by atoms with Crippen molar-refractivity contribution >= 4 is 11.9 Å². The van der Waals surface area contributed by atoms with Gasteiger partial charge in [0.2, 0.25) is 5.91 Å². The molecule has 2 aromatic rings. The van der Waals surface area contributed by atoms with Crippen molar-refractivity contribution in [3.63, 3.8) is 0 Å². The van der Waals surface area contributed by atoms with Gasteiger partial charge in [-0.25, -0.2) is 0 Å². The van der Waals surface area contributed by atoms with E-state index < -0.39 is 11.9 Å². The molecule has 1 aromatic heterocycles. The quantitative estimate of drug-likeness (QED) is 0.539. The number of hydrogen-bond acceptors (Lipinski definition) is 4. The Kier molecular flexibility index (Phi) is 7.52. The van der Waals surface area contributed by atoms with Crippen LogP contribution in [0.1, 0.15) is 67.1 Å². The molecule has 0 saturated heterocycles. The van der Waals surface area contributed by atoms with Crippen molar-refractivity contribution in [2.45, 2.75) is 71.6 Å². The molecule has 0 spiro atoms. The first-order valence-corrected chi connectivity index (χ1v) is 12.3. The van der Waals surface area contributed by atoms with E-state index in [2.05, 4.69) is 5.10 Å². The van der Waals surface area contributed by atoms with Gasteiger partial charge in [-0.2, -0.15) is 18.3 Å². The summed E-state index contributed by atoms with van der Waals surface area (Å²) in [4.78, 5) is 26.7. The zero-order chi connectivity index (χ0) is 25.2. The summed E-state index contributed by atoms with van der Waals surface area (Å²) in [5.41, 5.74) is 1.74. The lowest BCUT2D eigenvalue weighted by Gasteiger charge is -2.31. The van der Waals surface area contributed by atoms with E-state index in [1.54, 1.807) is 11.8 Å². The highest BCUT2D eigenvalue weighted by Gasteiger charge is 2.41. The topological polar surface area (TPSA) is 64.4 Å². The van der Waals surface area contributed by atoms with Gasteiger partial charge in [-0.05, 0) is 57.4 Å². The van der Waals surface area contributed by atoms with Crippen LogP contribution in [-0.4, -0.2) is 39.7 Å². The highest BCUT2D eigenvalue weighted by molar-refractivity contribution is 5.77. The van der Waals surface area contributed by atoms with Crippen LogP contribution in [0.15, 0.2) is 24.3 Å². The molecule has 1 aliphatic heterocycles. The highest BCUT2D eigenvalue weighted by atomic mass is 19.4. The predicted molar refractivity (Wildman–Crippen MR) is 123 cm³/mol. The first kappa shape index (κ1) is 25.3. The van der Waals surface area contributed by atoms with Crippen molar-refractivity contribution in [2.24, 2.45) is 11.8 Å². The van der Waals surface area contributed by atoms with Crippen molar-refractivity contribution in [1.29, 1.82) is 0 Å². The SMILES string of the molecule is CCOC(=O)[C@H]1CC[C@H](CC(=O)N2CCc3c(C(F)(F)F)nn(Cc4ccc(C)cc4)c3C2)CC1. The summed E-state index contributed by atoms with van der Waals surface area (Å²) in [6, 6.07) is 7.61. The van der Waals surface area contributed by atoms with Crippen LogP contribution < -0.4 is 0 Å². The minimum Gasteiger partial charge on any atom is -0.466 e. The van der Waals surface area contributed by atoms with Crippen LogP contribution in [0.2, 0.25) is 0 Å². The van der Waals surface area contributed by atoms with Gasteiger partial charge in [-0.3, -0.25) is 14.3 Å². The van der Waals surface area contributed by atoms with Crippen LogP contribution >= 0.6 is 0 Å². The third-order valence-corrected chi connectivity index (χ3v) is 7.14. The van der Waals surface area contributed by atoms with E-state index in [-0.39, 0.29) is 55.3 Å². The summed E-state index contributed by atoms with van der Waals surface area (Å²) in [6.45, 7) is 4.71. The number of amides is 1. The number of aryl methyl sites for hydroxylation is 1. The van der Waals surface area contributed by atoms with Crippen LogP contribution in [0.4, 0.5) is 13.2 Å². The number of carbonyl (C=O) groups excluding carboxylic acids is 2. The second-order valence-electron chi connectivity index (χ2n) is 9.65. The molecule has 0 radical (unpaired) electrons. The fourth-order valence-electron chi connectivity index (χ4n) is 5.16. The molecule has 0 atom stereocenters. The number of nitrogens with zero attached hydrogens (tertiary/aromatic N) is 3. The molecule has 190 valence electrons. The Balaban J connectivity index is 1.44. The Hall–Kier alpha value is -2.84.